The molecule has 1 unspecified atom stereocenters. The number of carbonyl (C=O) groups is 5. The molecule has 0 rings (SSSR count). The third-order valence-corrected chi connectivity index (χ3v) is 3.98. The van der Waals surface area contributed by atoms with Crippen LogP contribution in [-0.2, 0) is 24.0 Å². The lowest BCUT2D eigenvalue weighted by molar-refractivity contribution is -0.159. The van der Waals surface area contributed by atoms with Gasteiger partial charge in [-0.05, 0) is 6.92 Å². The zero-order valence-corrected chi connectivity index (χ0v) is 16.1. The average molecular weight is 438 g/mol. The summed E-state index contributed by atoms with van der Waals surface area (Å²) in [5, 5.41) is 68.9. The van der Waals surface area contributed by atoms with Crippen LogP contribution in [0, 0.1) is 5.92 Å². The number of carboxylic acids is 1. The molecule has 30 heavy (non-hydrogen) atoms. The fourth-order valence-corrected chi connectivity index (χ4v) is 2.32. The molecule has 0 spiro atoms. The molecule has 7 atom stereocenters. The third kappa shape index (κ3) is 8.10. The van der Waals surface area contributed by atoms with Gasteiger partial charge in [0.15, 0.2) is 11.9 Å². The molecule has 0 aliphatic rings. The summed E-state index contributed by atoms with van der Waals surface area (Å²) >= 11 is 0. The van der Waals surface area contributed by atoms with E-state index in [0.717, 1.165) is 13.8 Å². The smallest absolute Gasteiger partial charge is 0.335 e. The lowest BCUT2D eigenvalue weighted by Gasteiger charge is -2.27. The zero-order valence-electron chi connectivity index (χ0n) is 16.1. The Hall–Kier alpha value is -2.49. The quantitative estimate of drug-likeness (QED) is 0.138. The summed E-state index contributed by atoms with van der Waals surface area (Å²) in [7, 11) is 0. The number of aliphatic hydroxyl groups is 6. The van der Waals surface area contributed by atoms with Crippen molar-refractivity contribution in [1.82, 2.24) is 10.6 Å². The Labute approximate surface area is 170 Å². The third-order valence-electron chi connectivity index (χ3n) is 3.98. The molecule has 0 aliphatic heterocycles. The minimum Gasteiger partial charge on any atom is -0.479 e. The zero-order chi connectivity index (χ0) is 23.8. The molecule has 0 radical (unpaired) electrons. The number of carbonyl (C=O) groups excluding carboxylic acids is 4. The lowest BCUT2D eigenvalue weighted by atomic mass is 9.90. The van der Waals surface area contributed by atoms with Gasteiger partial charge in [-0.15, -0.1) is 0 Å². The van der Waals surface area contributed by atoms with E-state index in [0.29, 0.717) is 0 Å². The van der Waals surface area contributed by atoms with Gasteiger partial charge in [-0.3, -0.25) is 24.5 Å². The molecule has 0 aromatic heterocycles. The maximum absolute atomic E-state index is 12.3. The van der Waals surface area contributed by atoms with Crippen molar-refractivity contribution in [3.63, 3.8) is 0 Å². The van der Waals surface area contributed by atoms with Gasteiger partial charge in [0, 0.05) is 6.92 Å². The molecule has 0 heterocycles. The molecule has 0 bridgehead atoms. The number of hydrogen-bond donors (Lipinski definition) is 9. The molecule has 172 valence electrons. The maximum Gasteiger partial charge on any atom is 0.335 e. The van der Waals surface area contributed by atoms with E-state index in [2.05, 4.69) is 0 Å². The fourth-order valence-electron chi connectivity index (χ4n) is 2.32. The first-order valence-electron chi connectivity index (χ1n) is 8.63. The average Bonchev–Trinajstić information content (AvgIpc) is 2.64. The molecular weight excluding hydrogens is 412 g/mol. The van der Waals surface area contributed by atoms with Gasteiger partial charge in [-0.25, -0.2) is 4.79 Å². The summed E-state index contributed by atoms with van der Waals surface area (Å²) in [5.74, 6) is -8.28. The summed E-state index contributed by atoms with van der Waals surface area (Å²) in [6.07, 6.45) is -11.4. The minimum absolute atomic E-state index is 0.847. The van der Waals surface area contributed by atoms with Crippen LogP contribution in [0.15, 0.2) is 0 Å². The maximum atomic E-state index is 12.3. The number of hydrogen-bond acceptors (Lipinski definition) is 11. The van der Waals surface area contributed by atoms with Crippen molar-refractivity contribution in [2.45, 2.75) is 56.8 Å². The van der Waals surface area contributed by atoms with E-state index in [4.69, 9.17) is 10.2 Å². The molecule has 0 aliphatic carbocycles. The summed E-state index contributed by atoms with van der Waals surface area (Å²) in [6.45, 7) is 0.965. The first kappa shape index (κ1) is 27.5. The van der Waals surface area contributed by atoms with Gasteiger partial charge in [-0.2, -0.15) is 0 Å². The van der Waals surface area contributed by atoms with Crippen molar-refractivity contribution in [3.05, 3.63) is 0 Å². The first-order valence-corrected chi connectivity index (χ1v) is 8.63. The predicted octanol–water partition coefficient (Wildman–Crippen LogP) is -5.39. The molecule has 9 N–H and O–H groups in total. The molecule has 14 heteroatoms. The standard InChI is InChI=1S/C16H26N2O12/c1-5(20)11(24)12(25)7(4-19)10(17-6(2)21)15(28)18-9(23)3-8(22)13(26)14(27)16(29)30/h5,7-8,10-11,13-14,19-20,22,24,26-27H,3-4H2,1-2H3,(H,17,21)(H,29,30)(H,18,23,28)/t5-,7+,8+,10?,11+,13-,14-/m0/s1. The van der Waals surface area contributed by atoms with Crippen molar-refractivity contribution in [2.24, 2.45) is 5.92 Å². The normalized spacial score (nSPS) is 18.1. The number of Topliss-reactive ketones (excluding diaryl/α,β-unsaturated/α-hetero) is 1. The van der Waals surface area contributed by atoms with Crippen LogP contribution in [0.2, 0.25) is 0 Å². The number of amides is 3. The second kappa shape index (κ2) is 12.3. The van der Waals surface area contributed by atoms with Crippen molar-refractivity contribution in [3.8, 4) is 0 Å². The number of nitrogens with one attached hydrogen (secondary N) is 2. The van der Waals surface area contributed by atoms with Crippen molar-refractivity contribution in [2.75, 3.05) is 6.61 Å². The molecule has 14 nitrogen and oxygen atoms in total. The number of rotatable bonds is 12. The Morgan fingerprint density at radius 2 is 1.47 bits per heavy atom. The molecule has 0 aromatic carbocycles. The number of aliphatic hydroxyl groups excluding tert-OH is 6. The van der Waals surface area contributed by atoms with Gasteiger partial charge in [0.1, 0.15) is 18.2 Å². The monoisotopic (exact) mass is 438 g/mol. The summed E-state index contributed by atoms with van der Waals surface area (Å²) in [6, 6.07) is -1.86. The van der Waals surface area contributed by atoms with E-state index in [1.807, 2.05) is 5.32 Å². The van der Waals surface area contributed by atoms with Crippen LogP contribution in [0.1, 0.15) is 20.3 Å². The lowest BCUT2D eigenvalue weighted by Crippen LogP contribution is -2.57. The SMILES string of the molecule is CC(=O)NC(C(=O)NC(=O)C[C@@H](O)[C@H](O)[C@H](O)C(=O)O)[C@@H](CO)C(=O)[C@H](O)[C@H](C)O. The van der Waals surface area contributed by atoms with Crippen LogP contribution in [-0.4, -0.2) is 108 Å². The van der Waals surface area contributed by atoms with E-state index in [1.165, 1.54) is 0 Å². The van der Waals surface area contributed by atoms with E-state index in [1.54, 1.807) is 5.32 Å². The van der Waals surface area contributed by atoms with E-state index >= 15 is 0 Å². The Morgan fingerprint density at radius 1 is 0.933 bits per heavy atom. The fraction of sp³-hybridized carbons (Fsp3) is 0.688. The summed E-state index contributed by atoms with van der Waals surface area (Å²) in [4.78, 5) is 58.3. The number of ketones is 1. The van der Waals surface area contributed by atoms with Crippen molar-refractivity contribution in [1.29, 1.82) is 0 Å². The largest absolute Gasteiger partial charge is 0.479 e. The molecule has 3 amide bonds. The molecule has 0 aromatic rings. The highest BCUT2D eigenvalue weighted by atomic mass is 16.4. The predicted molar refractivity (Wildman–Crippen MR) is 94.3 cm³/mol. The topological polar surface area (TPSA) is 251 Å². The van der Waals surface area contributed by atoms with E-state index in [9.17, 15) is 49.5 Å². The summed E-state index contributed by atoms with van der Waals surface area (Å²) in [5.41, 5.74) is 0. The Morgan fingerprint density at radius 3 is 1.87 bits per heavy atom. The van der Waals surface area contributed by atoms with E-state index in [-0.39, 0.29) is 0 Å². The van der Waals surface area contributed by atoms with Crippen LogP contribution in [0.5, 0.6) is 0 Å². The Kier molecular flexibility index (Phi) is 11.2. The van der Waals surface area contributed by atoms with Gasteiger partial charge < -0.3 is 41.1 Å². The van der Waals surface area contributed by atoms with Crippen LogP contribution < -0.4 is 10.6 Å². The van der Waals surface area contributed by atoms with Crippen LogP contribution in [0.3, 0.4) is 0 Å². The first-order chi connectivity index (χ1) is 13.7. The van der Waals surface area contributed by atoms with Crippen LogP contribution >= 0.6 is 0 Å². The van der Waals surface area contributed by atoms with Crippen LogP contribution in [0.25, 0.3) is 0 Å². The van der Waals surface area contributed by atoms with Crippen molar-refractivity contribution >= 4 is 29.5 Å². The highest BCUT2D eigenvalue weighted by Crippen LogP contribution is 2.12. The van der Waals surface area contributed by atoms with Gasteiger partial charge >= 0.3 is 5.97 Å². The van der Waals surface area contributed by atoms with E-state index < -0.39 is 85.0 Å². The second-order valence-corrected chi connectivity index (χ2v) is 6.51. The number of imide groups is 1. The Bertz CT molecular complexity index is 652. The second-order valence-electron chi connectivity index (χ2n) is 6.51. The minimum atomic E-state index is -2.41. The van der Waals surface area contributed by atoms with Gasteiger partial charge in [0.25, 0.3) is 0 Å². The van der Waals surface area contributed by atoms with Crippen LogP contribution in [0.4, 0.5) is 0 Å². The molecular formula is C16H26N2O12. The number of aliphatic carboxylic acids is 1. The van der Waals surface area contributed by atoms with Gasteiger partial charge in [0.2, 0.25) is 17.7 Å². The molecule has 0 saturated carbocycles. The van der Waals surface area contributed by atoms with Gasteiger partial charge in [0.05, 0.1) is 31.2 Å². The summed E-state index contributed by atoms with van der Waals surface area (Å²) < 4.78 is 0. The molecule has 0 fully saturated rings. The highest BCUT2D eigenvalue weighted by Gasteiger charge is 2.39. The number of carboxylic acid groups (broad SMARTS) is 1. The van der Waals surface area contributed by atoms with Crippen molar-refractivity contribution < 1.29 is 59.7 Å². The highest BCUT2D eigenvalue weighted by molar-refractivity contribution is 6.02. The molecule has 0 saturated heterocycles. The Balaban J connectivity index is 5.35. The van der Waals surface area contributed by atoms with Gasteiger partial charge in [-0.1, -0.05) is 0 Å².